The first-order valence-electron chi connectivity index (χ1n) is 8.59. The number of ketones is 1. The van der Waals surface area contributed by atoms with Gasteiger partial charge in [-0.15, -0.1) is 0 Å². The van der Waals surface area contributed by atoms with E-state index in [1.165, 1.54) is 0 Å². The van der Waals surface area contributed by atoms with Gasteiger partial charge in [0, 0.05) is 6.42 Å². The van der Waals surface area contributed by atoms with Gasteiger partial charge >= 0.3 is 0 Å². The lowest BCUT2D eigenvalue weighted by molar-refractivity contribution is -0.127. The van der Waals surface area contributed by atoms with Gasteiger partial charge in [0.25, 0.3) is 0 Å². The van der Waals surface area contributed by atoms with Crippen molar-refractivity contribution in [2.45, 2.75) is 18.9 Å². The van der Waals surface area contributed by atoms with Crippen LogP contribution >= 0.6 is 0 Å². The van der Waals surface area contributed by atoms with E-state index in [1.807, 2.05) is 61.5 Å². The predicted octanol–water partition coefficient (Wildman–Crippen LogP) is 4.97. The third-order valence-corrected chi connectivity index (χ3v) is 4.38. The maximum atomic E-state index is 12.0. The van der Waals surface area contributed by atoms with E-state index in [2.05, 4.69) is 36.4 Å². The van der Waals surface area contributed by atoms with E-state index in [1.54, 1.807) is 0 Å². The van der Waals surface area contributed by atoms with Crippen LogP contribution in [0.15, 0.2) is 91.0 Å². The summed E-state index contributed by atoms with van der Waals surface area (Å²) in [7, 11) is 0. The highest BCUT2D eigenvalue weighted by atomic mass is 16.5. The first kappa shape index (κ1) is 17.1. The third-order valence-electron chi connectivity index (χ3n) is 4.38. The van der Waals surface area contributed by atoms with Crippen molar-refractivity contribution < 1.29 is 9.53 Å². The maximum absolute atomic E-state index is 12.0. The Bertz CT molecular complexity index is 699. The molecule has 0 saturated carbocycles. The van der Waals surface area contributed by atoms with Crippen molar-refractivity contribution >= 4 is 5.78 Å². The van der Waals surface area contributed by atoms with Gasteiger partial charge in [-0.25, -0.2) is 0 Å². The molecule has 0 spiro atoms. The highest BCUT2D eigenvalue weighted by molar-refractivity contribution is 5.79. The molecule has 0 aromatic heterocycles. The van der Waals surface area contributed by atoms with Gasteiger partial charge < -0.3 is 4.74 Å². The molecule has 3 aromatic rings. The number of ether oxygens (including phenoxy) is 1. The smallest absolute Gasteiger partial charge is 0.158 e. The van der Waals surface area contributed by atoms with Crippen molar-refractivity contribution in [3.8, 4) is 0 Å². The largest absolute Gasteiger partial charge is 0.353 e. The van der Waals surface area contributed by atoms with Crippen LogP contribution < -0.4 is 0 Å². The van der Waals surface area contributed by atoms with E-state index in [-0.39, 0.29) is 12.4 Å². The molecule has 2 nitrogen and oxygen atoms in total. The molecule has 0 N–H and O–H groups in total. The second-order valence-electron chi connectivity index (χ2n) is 5.96. The number of carbonyl (C=O) groups is 1. The molecule has 0 fully saturated rings. The molecular weight excluding hydrogens is 308 g/mol. The molecule has 0 aliphatic rings. The Balaban J connectivity index is 2.22. The summed E-state index contributed by atoms with van der Waals surface area (Å²) in [5.41, 5.74) is 2.22. The summed E-state index contributed by atoms with van der Waals surface area (Å²) in [6.45, 7) is 1.94. The van der Waals surface area contributed by atoms with Crippen LogP contribution in [0.5, 0.6) is 0 Å². The summed E-state index contributed by atoms with van der Waals surface area (Å²) in [5, 5.41) is 0. The van der Waals surface area contributed by atoms with Crippen LogP contribution in [0.2, 0.25) is 0 Å². The lowest BCUT2D eigenvalue weighted by atomic mass is 9.80. The number of hydrogen-bond acceptors (Lipinski definition) is 2. The maximum Gasteiger partial charge on any atom is 0.158 e. The van der Waals surface area contributed by atoms with Gasteiger partial charge in [-0.3, -0.25) is 4.79 Å². The van der Waals surface area contributed by atoms with E-state index < -0.39 is 5.60 Å². The molecule has 0 bridgehead atoms. The normalized spacial score (nSPS) is 11.2. The van der Waals surface area contributed by atoms with Gasteiger partial charge in [0.05, 0.1) is 0 Å². The molecule has 0 aliphatic carbocycles. The molecule has 0 atom stereocenters. The summed E-state index contributed by atoms with van der Waals surface area (Å²) >= 11 is 0. The van der Waals surface area contributed by atoms with Crippen LogP contribution in [0, 0.1) is 0 Å². The van der Waals surface area contributed by atoms with E-state index >= 15 is 0 Å². The molecule has 0 heterocycles. The Morgan fingerprint density at radius 2 is 1.08 bits per heavy atom. The topological polar surface area (TPSA) is 26.3 Å². The van der Waals surface area contributed by atoms with Crippen LogP contribution in [-0.4, -0.2) is 12.4 Å². The second-order valence-corrected chi connectivity index (χ2v) is 5.96. The van der Waals surface area contributed by atoms with E-state index in [0.29, 0.717) is 6.42 Å². The number of rotatable bonds is 7. The quantitative estimate of drug-likeness (QED) is 0.571. The lowest BCUT2D eigenvalue weighted by Gasteiger charge is -2.35. The van der Waals surface area contributed by atoms with Crippen molar-refractivity contribution in [3.63, 3.8) is 0 Å². The number of Topliss-reactive ketones (excluding diaryl/α,β-unsaturated/α-hetero) is 1. The summed E-state index contributed by atoms with van der Waals surface area (Å²) in [6, 6.07) is 30.3. The van der Waals surface area contributed by atoms with Crippen LogP contribution in [0.3, 0.4) is 0 Å². The SMILES string of the molecule is CCC(=O)COC(c1ccccc1)(c1ccccc1)c1ccccc1. The van der Waals surface area contributed by atoms with Crippen LogP contribution in [0.25, 0.3) is 0 Å². The number of hydrogen-bond donors (Lipinski definition) is 0. The summed E-state index contributed by atoms with van der Waals surface area (Å²) in [6.07, 6.45) is 0.467. The first-order chi connectivity index (χ1) is 12.3. The van der Waals surface area contributed by atoms with Crippen molar-refractivity contribution in [1.29, 1.82) is 0 Å². The predicted molar refractivity (Wildman–Crippen MR) is 100 cm³/mol. The standard InChI is InChI=1S/C23H22O2/c1-2-22(24)18-25-23(19-12-6-3-7-13-19,20-14-8-4-9-15-20)21-16-10-5-11-17-21/h3-17H,2,18H2,1H3. The van der Waals surface area contributed by atoms with Crippen LogP contribution in [0.1, 0.15) is 30.0 Å². The first-order valence-corrected chi connectivity index (χ1v) is 8.59. The van der Waals surface area contributed by atoms with Gasteiger partial charge in [-0.2, -0.15) is 0 Å². The molecule has 126 valence electrons. The van der Waals surface area contributed by atoms with Gasteiger partial charge in [-0.1, -0.05) is 97.9 Å². The second kappa shape index (κ2) is 7.91. The zero-order valence-corrected chi connectivity index (χ0v) is 14.4. The molecule has 0 unspecified atom stereocenters. The Morgan fingerprint density at radius 1 is 0.720 bits per heavy atom. The van der Waals surface area contributed by atoms with Crippen molar-refractivity contribution in [1.82, 2.24) is 0 Å². The van der Waals surface area contributed by atoms with Crippen molar-refractivity contribution in [2.24, 2.45) is 0 Å². The van der Waals surface area contributed by atoms with Crippen LogP contribution in [0.4, 0.5) is 0 Å². The molecule has 25 heavy (non-hydrogen) atoms. The monoisotopic (exact) mass is 330 g/mol. The minimum atomic E-state index is -0.811. The highest BCUT2D eigenvalue weighted by Gasteiger charge is 2.37. The van der Waals surface area contributed by atoms with E-state index in [4.69, 9.17) is 4.74 Å². The average molecular weight is 330 g/mol. The Morgan fingerprint density at radius 3 is 1.40 bits per heavy atom. The minimum Gasteiger partial charge on any atom is -0.353 e. The minimum absolute atomic E-state index is 0.0786. The Kier molecular flexibility index (Phi) is 5.42. The summed E-state index contributed by atoms with van der Waals surface area (Å²) in [5.74, 6) is 0.0900. The fourth-order valence-corrected chi connectivity index (χ4v) is 3.06. The third kappa shape index (κ3) is 3.54. The zero-order chi connectivity index (χ0) is 17.5. The molecule has 0 radical (unpaired) electrons. The molecule has 2 heteroatoms. The fraction of sp³-hybridized carbons (Fsp3) is 0.174. The van der Waals surface area contributed by atoms with Gasteiger partial charge in [0.15, 0.2) is 5.78 Å². The van der Waals surface area contributed by atoms with E-state index in [0.717, 1.165) is 16.7 Å². The Labute approximate surface area is 149 Å². The van der Waals surface area contributed by atoms with E-state index in [9.17, 15) is 4.79 Å². The zero-order valence-electron chi connectivity index (χ0n) is 14.4. The molecular formula is C23H22O2. The van der Waals surface area contributed by atoms with Crippen LogP contribution in [-0.2, 0) is 15.1 Å². The fourth-order valence-electron chi connectivity index (χ4n) is 3.06. The number of benzene rings is 3. The summed E-state index contributed by atoms with van der Waals surface area (Å²) < 4.78 is 6.39. The molecule has 0 amide bonds. The van der Waals surface area contributed by atoms with Crippen molar-refractivity contribution in [2.75, 3.05) is 6.61 Å². The Hall–Kier alpha value is -2.71. The van der Waals surface area contributed by atoms with Crippen molar-refractivity contribution in [3.05, 3.63) is 108 Å². The highest BCUT2D eigenvalue weighted by Crippen LogP contribution is 2.40. The van der Waals surface area contributed by atoms with Gasteiger partial charge in [0.1, 0.15) is 12.2 Å². The summed E-state index contributed by atoms with van der Waals surface area (Å²) in [4.78, 5) is 12.0. The number of carbonyl (C=O) groups excluding carboxylic acids is 1. The molecule has 3 aromatic carbocycles. The van der Waals surface area contributed by atoms with Gasteiger partial charge in [0.2, 0.25) is 0 Å². The average Bonchev–Trinajstić information content (AvgIpc) is 2.71. The molecule has 3 rings (SSSR count). The van der Waals surface area contributed by atoms with Gasteiger partial charge in [-0.05, 0) is 16.7 Å². The lowest BCUT2D eigenvalue weighted by Crippen LogP contribution is -2.34. The molecule has 0 aliphatic heterocycles. The molecule has 0 saturated heterocycles.